The Hall–Kier alpha value is 0.0700. The fourth-order valence-corrected chi connectivity index (χ4v) is 3.93. The lowest BCUT2D eigenvalue weighted by molar-refractivity contribution is 0.0787. The molecule has 3 unspecified atom stereocenters. The molecule has 0 bridgehead atoms. The summed E-state index contributed by atoms with van der Waals surface area (Å²) >= 11 is 0. The zero-order chi connectivity index (χ0) is 19.0. The lowest BCUT2D eigenvalue weighted by Crippen LogP contribution is -2.24. The lowest BCUT2D eigenvalue weighted by Gasteiger charge is -2.31. The monoisotopic (exact) mass is 365 g/mol. The Kier molecular flexibility index (Phi) is 11.0. The van der Waals surface area contributed by atoms with Gasteiger partial charge in [0.15, 0.2) is 0 Å². The van der Waals surface area contributed by atoms with E-state index in [0.717, 1.165) is 19.3 Å². The normalized spacial score (nSPS) is 20.2. The summed E-state index contributed by atoms with van der Waals surface area (Å²) in [6, 6.07) is 0. The molecule has 146 valence electrons. The molecular weight excluding hydrogens is 325 g/mol. The Morgan fingerprint density at radius 1 is 1.08 bits per heavy atom. The number of phosphoric acid groups is 1. The average Bonchev–Trinajstić information content (AvgIpc) is 2.50. The van der Waals surface area contributed by atoms with Gasteiger partial charge in [-0.2, -0.15) is 0 Å². The maximum absolute atomic E-state index is 12.1. The maximum atomic E-state index is 12.1. The Morgan fingerprint density at radius 2 is 1.67 bits per heavy atom. The first-order valence-corrected chi connectivity index (χ1v) is 10.7. The maximum Gasteiger partial charge on any atom is 0.472 e. The van der Waals surface area contributed by atoms with Crippen LogP contribution < -0.4 is 5.73 Å². The van der Waals surface area contributed by atoms with Crippen molar-refractivity contribution in [1.82, 2.24) is 0 Å². The van der Waals surface area contributed by atoms with Crippen LogP contribution in [0.25, 0.3) is 0 Å². The van der Waals surface area contributed by atoms with Crippen molar-refractivity contribution in [3.8, 4) is 0 Å². The van der Waals surface area contributed by atoms with Gasteiger partial charge in [0, 0.05) is 0 Å². The van der Waals surface area contributed by atoms with Crippen LogP contribution in [-0.2, 0) is 13.6 Å². The minimum absolute atomic E-state index is 0.162. The van der Waals surface area contributed by atoms with Crippen molar-refractivity contribution >= 4 is 7.82 Å². The van der Waals surface area contributed by atoms with Gasteiger partial charge < -0.3 is 10.6 Å². The average molecular weight is 365 g/mol. The summed E-state index contributed by atoms with van der Waals surface area (Å²) < 4.78 is 22.5. The van der Waals surface area contributed by atoms with Gasteiger partial charge >= 0.3 is 7.82 Å². The number of rotatable bonds is 13. The second-order valence-electron chi connectivity index (χ2n) is 8.45. The van der Waals surface area contributed by atoms with Crippen molar-refractivity contribution < 1.29 is 18.5 Å². The van der Waals surface area contributed by atoms with Gasteiger partial charge in [-0.1, -0.05) is 54.9 Å². The second-order valence-corrected chi connectivity index (χ2v) is 9.90. The van der Waals surface area contributed by atoms with Crippen LogP contribution in [0.2, 0.25) is 0 Å². The van der Waals surface area contributed by atoms with Gasteiger partial charge in [0.2, 0.25) is 0 Å². The molecule has 0 aromatic rings. The molecule has 24 heavy (non-hydrogen) atoms. The fourth-order valence-electron chi connectivity index (χ4n) is 2.90. The van der Waals surface area contributed by atoms with Gasteiger partial charge in [0.05, 0.1) is 13.2 Å². The highest BCUT2D eigenvalue weighted by atomic mass is 31.2. The summed E-state index contributed by atoms with van der Waals surface area (Å²) in [7, 11) is -4.00. The van der Waals surface area contributed by atoms with Crippen LogP contribution in [0.4, 0.5) is 0 Å². The fraction of sp³-hybridized carbons (Fsp3) is 1.00. The standard InChI is InChI=1S/C18H40NO4P/c1-8-16(4)17(5)10-18(6,7)13-23-24(20,21)22-12-15(3)9-14(2)11-19/h14-17H,8-13,19H2,1-7H3,(H,20,21)/t14-,15-,16?,17?/m0/s1. The molecule has 0 aromatic carbocycles. The molecule has 3 N–H and O–H groups in total. The van der Waals surface area contributed by atoms with E-state index in [-0.39, 0.29) is 24.5 Å². The molecule has 0 heterocycles. The van der Waals surface area contributed by atoms with E-state index in [1.807, 2.05) is 6.92 Å². The molecule has 0 amide bonds. The summed E-state index contributed by atoms with van der Waals surface area (Å²) in [5, 5.41) is 0. The minimum Gasteiger partial charge on any atom is -0.330 e. The Labute approximate surface area is 149 Å². The van der Waals surface area contributed by atoms with Crippen molar-refractivity contribution in [1.29, 1.82) is 0 Å². The van der Waals surface area contributed by atoms with Crippen LogP contribution in [0.1, 0.15) is 67.7 Å². The van der Waals surface area contributed by atoms with Gasteiger partial charge in [-0.25, -0.2) is 4.57 Å². The van der Waals surface area contributed by atoms with Crippen molar-refractivity contribution in [2.75, 3.05) is 19.8 Å². The number of hydrogen-bond donors (Lipinski definition) is 2. The van der Waals surface area contributed by atoms with E-state index in [1.54, 1.807) is 0 Å². The van der Waals surface area contributed by atoms with Crippen LogP contribution in [0.3, 0.4) is 0 Å². The van der Waals surface area contributed by atoms with E-state index in [2.05, 4.69) is 41.5 Å². The third-order valence-corrected chi connectivity index (χ3v) is 5.77. The molecule has 0 rings (SSSR count). The van der Waals surface area contributed by atoms with Crippen LogP contribution in [0, 0.1) is 29.1 Å². The van der Waals surface area contributed by atoms with E-state index >= 15 is 0 Å². The zero-order valence-corrected chi connectivity index (χ0v) is 17.6. The highest BCUT2D eigenvalue weighted by Crippen LogP contribution is 2.46. The van der Waals surface area contributed by atoms with E-state index in [4.69, 9.17) is 14.8 Å². The predicted molar refractivity (Wildman–Crippen MR) is 101 cm³/mol. The summed E-state index contributed by atoms with van der Waals surface area (Å²) in [6.45, 7) is 15.9. The molecule has 0 radical (unpaired) electrons. The first-order valence-electron chi connectivity index (χ1n) is 9.24. The molecule has 0 aromatic heterocycles. The van der Waals surface area contributed by atoms with Gasteiger partial charge in [-0.3, -0.25) is 9.05 Å². The molecule has 0 aliphatic carbocycles. The third-order valence-electron chi connectivity index (χ3n) is 4.84. The summed E-state index contributed by atoms with van der Waals surface area (Å²) in [6.07, 6.45) is 2.96. The molecule has 5 atom stereocenters. The first kappa shape index (κ1) is 24.1. The SMILES string of the molecule is CCC(C)C(C)CC(C)(C)COP(=O)(O)OC[C@@H](C)C[C@H](C)CN. The Bertz CT molecular complexity index is 389. The Balaban J connectivity index is 4.32. The van der Waals surface area contributed by atoms with Crippen LogP contribution in [0.5, 0.6) is 0 Å². The molecule has 5 nitrogen and oxygen atoms in total. The molecule has 0 aliphatic rings. The van der Waals surface area contributed by atoms with Gasteiger partial charge in [0.1, 0.15) is 0 Å². The molecule has 6 heteroatoms. The quantitative estimate of drug-likeness (QED) is 0.456. The largest absolute Gasteiger partial charge is 0.472 e. The summed E-state index contributed by atoms with van der Waals surface area (Å²) in [4.78, 5) is 9.89. The highest BCUT2D eigenvalue weighted by Gasteiger charge is 2.29. The second kappa shape index (κ2) is 10.9. The molecule has 0 saturated carbocycles. The number of phosphoric ester groups is 1. The van der Waals surface area contributed by atoms with E-state index in [1.165, 1.54) is 0 Å². The molecular formula is C18H40NO4P. The predicted octanol–water partition coefficient (Wildman–Crippen LogP) is 4.84. The van der Waals surface area contributed by atoms with Gasteiger partial charge in [-0.15, -0.1) is 0 Å². The minimum atomic E-state index is -4.00. The summed E-state index contributed by atoms with van der Waals surface area (Å²) in [5.41, 5.74) is 5.44. The van der Waals surface area contributed by atoms with Crippen LogP contribution in [0.15, 0.2) is 0 Å². The lowest BCUT2D eigenvalue weighted by atomic mass is 9.78. The first-order chi connectivity index (χ1) is 10.9. The highest BCUT2D eigenvalue weighted by molar-refractivity contribution is 7.47. The molecule has 0 spiro atoms. The molecule has 0 fully saturated rings. The smallest absolute Gasteiger partial charge is 0.330 e. The van der Waals surface area contributed by atoms with E-state index in [9.17, 15) is 9.46 Å². The summed E-state index contributed by atoms with van der Waals surface area (Å²) in [5.74, 6) is 1.73. The number of nitrogens with two attached hydrogens (primary N) is 1. The third kappa shape index (κ3) is 10.8. The van der Waals surface area contributed by atoms with Crippen LogP contribution >= 0.6 is 7.82 Å². The Morgan fingerprint density at radius 3 is 2.17 bits per heavy atom. The number of hydrogen-bond acceptors (Lipinski definition) is 4. The topological polar surface area (TPSA) is 81.8 Å². The van der Waals surface area contributed by atoms with Crippen molar-refractivity contribution in [2.24, 2.45) is 34.8 Å². The van der Waals surface area contributed by atoms with Crippen LogP contribution in [-0.4, -0.2) is 24.7 Å². The molecule has 0 saturated heterocycles. The van der Waals surface area contributed by atoms with Crippen molar-refractivity contribution in [3.63, 3.8) is 0 Å². The van der Waals surface area contributed by atoms with E-state index < -0.39 is 7.82 Å². The zero-order valence-electron chi connectivity index (χ0n) is 16.7. The van der Waals surface area contributed by atoms with E-state index in [0.29, 0.717) is 24.3 Å². The van der Waals surface area contributed by atoms with Gasteiger partial charge in [0.25, 0.3) is 0 Å². The molecule has 0 aliphatic heterocycles. The van der Waals surface area contributed by atoms with Crippen molar-refractivity contribution in [2.45, 2.75) is 67.7 Å². The van der Waals surface area contributed by atoms with Crippen molar-refractivity contribution in [3.05, 3.63) is 0 Å². The van der Waals surface area contributed by atoms with Gasteiger partial charge in [-0.05, 0) is 48.5 Å².